The zero-order valence-corrected chi connectivity index (χ0v) is 21.4. The van der Waals surface area contributed by atoms with Gasteiger partial charge in [0.25, 0.3) is 0 Å². The topological polar surface area (TPSA) is 87.7 Å². The molecule has 4 aliphatic rings. The molecule has 3 heterocycles. The van der Waals surface area contributed by atoms with Crippen LogP contribution in [-0.4, -0.2) is 46.4 Å². The molecule has 8 heteroatoms. The summed E-state index contributed by atoms with van der Waals surface area (Å²) in [6.07, 6.45) is 8.11. The summed E-state index contributed by atoms with van der Waals surface area (Å²) >= 11 is 0. The zero-order chi connectivity index (χ0) is 26.4. The maximum absolute atomic E-state index is 14.0. The number of carbonyl (C=O) groups excluding carboxylic acids is 3. The Morgan fingerprint density at radius 1 is 1.03 bits per heavy atom. The molecule has 2 N–H and O–H groups in total. The second-order valence-electron chi connectivity index (χ2n) is 11.0. The molecule has 7 nitrogen and oxygen atoms in total. The van der Waals surface area contributed by atoms with Crippen LogP contribution in [0.25, 0.3) is 0 Å². The first-order valence-corrected chi connectivity index (χ1v) is 13.5. The average molecular weight is 518 g/mol. The van der Waals surface area contributed by atoms with Crippen molar-refractivity contribution in [1.29, 1.82) is 0 Å². The van der Waals surface area contributed by atoms with E-state index in [2.05, 4.69) is 10.6 Å². The Bertz CT molecular complexity index is 1270. The summed E-state index contributed by atoms with van der Waals surface area (Å²) in [5, 5.41) is 6.12. The van der Waals surface area contributed by atoms with E-state index in [4.69, 9.17) is 4.74 Å². The van der Waals surface area contributed by atoms with Gasteiger partial charge in [-0.2, -0.15) is 0 Å². The number of halogens is 1. The van der Waals surface area contributed by atoms with Crippen molar-refractivity contribution in [3.63, 3.8) is 0 Å². The minimum Gasteiger partial charge on any atom is -0.359 e. The van der Waals surface area contributed by atoms with Crippen LogP contribution in [-0.2, 0) is 25.7 Å². The first-order valence-electron chi connectivity index (χ1n) is 13.5. The number of rotatable bonds is 6. The molecule has 0 aromatic heterocycles. The first kappa shape index (κ1) is 24.8. The highest BCUT2D eigenvalue weighted by molar-refractivity contribution is 6.02. The molecule has 2 aromatic carbocycles. The second-order valence-corrected chi connectivity index (χ2v) is 11.0. The Balaban J connectivity index is 1.32. The molecule has 0 radical (unpaired) electrons. The van der Waals surface area contributed by atoms with E-state index < -0.39 is 29.6 Å². The Hall–Kier alpha value is -3.52. The molecule has 1 saturated carbocycles. The average Bonchev–Trinajstić information content (AvgIpc) is 3.55. The minimum atomic E-state index is -1.23. The van der Waals surface area contributed by atoms with E-state index in [0.717, 1.165) is 37.7 Å². The number of nitrogens with one attached hydrogen (secondary N) is 2. The van der Waals surface area contributed by atoms with Gasteiger partial charge in [0, 0.05) is 18.3 Å². The molecular weight excluding hydrogens is 485 g/mol. The van der Waals surface area contributed by atoms with Crippen LogP contribution < -0.4 is 10.6 Å². The van der Waals surface area contributed by atoms with Gasteiger partial charge in [-0.1, -0.05) is 61.2 Å². The summed E-state index contributed by atoms with van der Waals surface area (Å²) in [4.78, 5) is 43.0. The molecule has 3 fully saturated rings. The van der Waals surface area contributed by atoms with Gasteiger partial charge in [0.1, 0.15) is 17.5 Å². The summed E-state index contributed by atoms with van der Waals surface area (Å²) < 4.78 is 20.0. The number of fused-ring (bicyclic) bond motifs is 1. The number of amides is 3. The highest BCUT2D eigenvalue weighted by atomic mass is 19.1. The van der Waals surface area contributed by atoms with Gasteiger partial charge in [0.05, 0.1) is 17.9 Å². The lowest BCUT2D eigenvalue weighted by Gasteiger charge is -2.34. The van der Waals surface area contributed by atoms with E-state index in [1.54, 1.807) is 12.1 Å². The normalized spacial score (nSPS) is 29.9. The molecule has 2 bridgehead atoms. The maximum atomic E-state index is 14.0. The van der Waals surface area contributed by atoms with E-state index in [-0.39, 0.29) is 36.1 Å². The molecule has 3 aliphatic heterocycles. The summed E-state index contributed by atoms with van der Waals surface area (Å²) in [5.41, 5.74) is 1.19. The summed E-state index contributed by atoms with van der Waals surface area (Å²) in [6, 6.07) is 12.5. The third kappa shape index (κ3) is 4.21. The van der Waals surface area contributed by atoms with Crippen LogP contribution in [0.15, 0.2) is 60.7 Å². The smallest absolute Gasteiger partial charge is 0.246 e. The van der Waals surface area contributed by atoms with E-state index in [1.165, 1.54) is 17.0 Å². The fourth-order valence-corrected chi connectivity index (χ4v) is 6.61. The van der Waals surface area contributed by atoms with Crippen molar-refractivity contribution >= 4 is 23.4 Å². The number of hydrogen-bond acceptors (Lipinski definition) is 4. The predicted octanol–water partition coefficient (Wildman–Crippen LogP) is 3.87. The lowest BCUT2D eigenvalue weighted by molar-refractivity contribution is -0.142. The number of anilines is 1. The molecule has 38 heavy (non-hydrogen) atoms. The van der Waals surface area contributed by atoms with Crippen LogP contribution in [0.4, 0.5) is 10.1 Å². The van der Waals surface area contributed by atoms with Crippen molar-refractivity contribution in [2.24, 2.45) is 11.8 Å². The molecule has 198 valence electrons. The zero-order valence-electron chi connectivity index (χ0n) is 21.4. The second kappa shape index (κ2) is 9.66. The van der Waals surface area contributed by atoms with Gasteiger partial charge < -0.3 is 20.3 Å². The van der Waals surface area contributed by atoms with Crippen molar-refractivity contribution in [3.05, 3.63) is 77.6 Å². The quantitative estimate of drug-likeness (QED) is 0.570. The van der Waals surface area contributed by atoms with Crippen molar-refractivity contribution < 1.29 is 23.5 Å². The van der Waals surface area contributed by atoms with Crippen molar-refractivity contribution in [1.82, 2.24) is 10.2 Å². The monoisotopic (exact) mass is 517 g/mol. The molecule has 2 saturated heterocycles. The molecule has 1 spiro atoms. The van der Waals surface area contributed by atoms with Crippen LogP contribution >= 0.6 is 0 Å². The fourth-order valence-electron chi connectivity index (χ4n) is 6.61. The number of ether oxygens (including phenoxy) is 1. The summed E-state index contributed by atoms with van der Waals surface area (Å²) in [7, 11) is 0. The Kier molecular flexibility index (Phi) is 6.30. The van der Waals surface area contributed by atoms with Gasteiger partial charge in [-0.3, -0.25) is 14.4 Å². The highest BCUT2D eigenvalue weighted by Gasteiger charge is 2.72. The summed E-state index contributed by atoms with van der Waals surface area (Å²) in [5.74, 6) is -2.84. The predicted molar refractivity (Wildman–Crippen MR) is 139 cm³/mol. The van der Waals surface area contributed by atoms with Crippen LogP contribution in [0.1, 0.15) is 43.2 Å². The highest BCUT2D eigenvalue weighted by Crippen LogP contribution is 2.55. The van der Waals surface area contributed by atoms with Gasteiger partial charge >= 0.3 is 0 Å². The van der Waals surface area contributed by atoms with E-state index in [0.29, 0.717) is 11.3 Å². The molecule has 2 aromatic rings. The number of likely N-dealkylation sites (tertiary alicyclic amines) is 1. The number of carbonyl (C=O) groups is 3. The molecule has 6 rings (SSSR count). The maximum Gasteiger partial charge on any atom is 0.246 e. The lowest BCUT2D eigenvalue weighted by Crippen LogP contribution is -2.56. The van der Waals surface area contributed by atoms with Gasteiger partial charge in [0.15, 0.2) is 0 Å². The van der Waals surface area contributed by atoms with Crippen LogP contribution in [0.5, 0.6) is 0 Å². The Morgan fingerprint density at radius 2 is 1.74 bits per heavy atom. The third-order valence-electron chi connectivity index (χ3n) is 8.46. The van der Waals surface area contributed by atoms with Gasteiger partial charge in [-0.25, -0.2) is 4.39 Å². The molecule has 5 atom stereocenters. The fraction of sp³-hybridized carbons (Fsp3) is 0.433. The van der Waals surface area contributed by atoms with Crippen LogP contribution in [0.2, 0.25) is 0 Å². The summed E-state index contributed by atoms with van der Waals surface area (Å²) in [6.45, 7) is 2.09. The molecule has 0 unspecified atom stereocenters. The number of benzene rings is 2. The minimum absolute atomic E-state index is 0.0534. The van der Waals surface area contributed by atoms with Crippen LogP contribution in [0, 0.1) is 24.6 Å². The number of hydrogen-bond donors (Lipinski definition) is 2. The molecule has 3 amide bonds. The lowest BCUT2D eigenvalue weighted by atomic mass is 9.74. The van der Waals surface area contributed by atoms with Crippen molar-refractivity contribution in [2.45, 2.75) is 69.4 Å². The van der Waals surface area contributed by atoms with E-state index in [1.807, 2.05) is 43.3 Å². The van der Waals surface area contributed by atoms with Crippen molar-refractivity contribution in [3.8, 4) is 0 Å². The largest absolute Gasteiger partial charge is 0.359 e. The Labute approximate surface area is 221 Å². The SMILES string of the molecule is Cc1ccc(NC(=O)[C@H]2[C@H]3C=C[C@@]4(O3)[C@H]2C(=O)N(Cc2ccc(F)cc2)[C@@H]4C(=O)NC2CCCCC2)cc1. The number of nitrogens with zero attached hydrogens (tertiary/aromatic N) is 1. The standard InChI is InChI=1S/C30H32FN3O4/c1-18-7-13-22(14-8-18)32-27(35)24-23-15-16-30(38-23)25(24)29(37)34(17-19-9-11-20(31)12-10-19)26(30)28(36)33-21-5-3-2-4-6-21/h7-16,21,23-26H,2-6,17H2,1H3,(H,32,35)(H,33,36)/t23-,24+,25-,26-,30-/m1/s1. The third-order valence-corrected chi connectivity index (χ3v) is 8.46. The Morgan fingerprint density at radius 3 is 2.45 bits per heavy atom. The van der Waals surface area contributed by atoms with Gasteiger partial charge in [-0.15, -0.1) is 0 Å². The van der Waals surface area contributed by atoms with Crippen LogP contribution in [0.3, 0.4) is 0 Å². The number of aryl methyl sites for hydroxylation is 1. The van der Waals surface area contributed by atoms with Gasteiger partial charge in [-0.05, 0) is 49.6 Å². The first-order chi connectivity index (χ1) is 18.4. The van der Waals surface area contributed by atoms with E-state index in [9.17, 15) is 18.8 Å². The molecule has 1 aliphatic carbocycles. The van der Waals surface area contributed by atoms with Crippen molar-refractivity contribution in [2.75, 3.05) is 5.32 Å². The van der Waals surface area contributed by atoms with E-state index >= 15 is 0 Å². The molecular formula is C30H32FN3O4. The van der Waals surface area contributed by atoms with Gasteiger partial charge in [0.2, 0.25) is 17.7 Å².